The molecule has 0 aliphatic carbocycles. The molecule has 1 saturated heterocycles. The van der Waals surface area contributed by atoms with Crippen molar-refractivity contribution in [1.29, 1.82) is 0 Å². The molecular formula is C16H16N2O4S. The Morgan fingerprint density at radius 3 is 2.52 bits per heavy atom. The summed E-state index contributed by atoms with van der Waals surface area (Å²) in [5.74, 6) is -1.82. The lowest BCUT2D eigenvalue weighted by atomic mass is 9.90. The Morgan fingerprint density at radius 2 is 1.91 bits per heavy atom. The average molecular weight is 332 g/mol. The standard InChI is InChI=1S/C16H16N2O4S/c1-8-12-11(17-14(19)10-6-4-3-5-7-10)15(20)18(12)13(16(21)22)9(2)23-8/h3-8,11-12H,1-2H3,(H,17,19)(H,21,22)/t8-,11-,12-/m0/s1. The molecule has 0 bridgehead atoms. The van der Waals surface area contributed by atoms with E-state index in [1.54, 1.807) is 37.3 Å². The van der Waals surface area contributed by atoms with E-state index in [0.717, 1.165) is 0 Å². The second-order valence-corrected chi connectivity index (χ2v) is 7.14. The Morgan fingerprint density at radius 1 is 1.26 bits per heavy atom. The minimum atomic E-state index is -1.12. The molecule has 6 nitrogen and oxygen atoms in total. The summed E-state index contributed by atoms with van der Waals surface area (Å²) in [6.07, 6.45) is 0. The van der Waals surface area contributed by atoms with Gasteiger partial charge in [-0.05, 0) is 19.1 Å². The summed E-state index contributed by atoms with van der Waals surface area (Å²) in [6.45, 7) is 3.63. The lowest BCUT2D eigenvalue weighted by molar-refractivity contribution is -0.152. The van der Waals surface area contributed by atoms with Gasteiger partial charge in [-0.2, -0.15) is 0 Å². The zero-order valence-corrected chi connectivity index (χ0v) is 13.5. The fourth-order valence-electron chi connectivity index (χ4n) is 3.04. The molecule has 23 heavy (non-hydrogen) atoms. The van der Waals surface area contributed by atoms with E-state index in [-0.39, 0.29) is 28.8 Å². The van der Waals surface area contributed by atoms with Gasteiger partial charge in [0.1, 0.15) is 11.7 Å². The van der Waals surface area contributed by atoms with Gasteiger partial charge in [0.05, 0.1) is 6.04 Å². The first kappa shape index (κ1) is 15.6. The number of carboxylic acid groups (broad SMARTS) is 1. The Labute approximate surface area is 137 Å². The predicted octanol–water partition coefficient (Wildman–Crippen LogP) is 1.45. The van der Waals surface area contributed by atoms with Crippen LogP contribution in [0.4, 0.5) is 0 Å². The molecular weight excluding hydrogens is 316 g/mol. The van der Waals surface area contributed by atoms with Crippen molar-refractivity contribution in [3.63, 3.8) is 0 Å². The first-order chi connectivity index (χ1) is 10.9. The van der Waals surface area contributed by atoms with Crippen LogP contribution >= 0.6 is 11.8 Å². The van der Waals surface area contributed by atoms with Crippen LogP contribution in [0.25, 0.3) is 0 Å². The number of aliphatic carboxylic acids is 1. The molecule has 0 spiro atoms. The van der Waals surface area contributed by atoms with Crippen molar-refractivity contribution in [3.8, 4) is 0 Å². The maximum Gasteiger partial charge on any atom is 0.353 e. The van der Waals surface area contributed by atoms with E-state index in [2.05, 4.69) is 5.32 Å². The summed E-state index contributed by atoms with van der Waals surface area (Å²) in [4.78, 5) is 37.9. The van der Waals surface area contributed by atoms with E-state index >= 15 is 0 Å². The Balaban J connectivity index is 1.82. The molecule has 2 aliphatic rings. The first-order valence-corrected chi connectivity index (χ1v) is 8.09. The van der Waals surface area contributed by atoms with Crippen molar-refractivity contribution in [2.75, 3.05) is 0 Å². The number of rotatable bonds is 3. The van der Waals surface area contributed by atoms with Crippen molar-refractivity contribution in [1.82, 2.24) is 10.2 Å². The largest absolute Gasteiger partial charge is 0.477 e. The molecule has 0 radical (unpaired) electrons. The second-order valence-electron chi connectivity index (χ2n) is 5.55. The fourth-order valence-corrected chi connectivity index (χ4v) is 4.31. The molecule has 0 saturated carbocycles. The topological polar surface area (TPSA) is 86.7 Å². The molecule has 1 aromatic rings. The number of β-lactam (4-membered cyclic amide) rings is 1. The van der Waals surface area contributed by atoms with Gasteiger partial charge in [0.25, 0.3) is 11.8 Å². The van der Waals surface area contributed by atoms with Crippen LogP contribution in [-0.4, -0.2) is 45.1 Å². The van der Waals surface area contributed by atoms with Crippen LogP contribution in [-0.2, 0) is 9.59 Å². The van der Waals surface area contributed by atoms with Crippen molar-refractivity contribution in [3.05, 3.63) is 46.5 Å². The van der Waals surface area contributed by atoms with Crippen molar-refractivity contribution in [2.45, 2.75) is 31.2 Å². The van der Waals surface area contributed by atoms with Gasteiger partial charge in [-0.15, -0.1) is 11.8 Å². The molecule has 1 fully saturated rings. The molecule has 2 amide bonds. The van der Waals surface area contributed by atoms with E-state index in [4.69, 9.17) is 0 Å². The Hall–Kier alpha value is -2.28. The first-order valence-electron chi connectivity index (χ1n) is 7.21. The number of carbonyl (C=O) groups excluding carboxylic acids is 2. The molecule has 2 N–H and O–H groups in total. The van der Waals surface area contributed by atoms with E-state index in [9.17, 15) is 19.5 Å². The average Bonchev–Trinajstić information content (AvgIpc) is 2.52. The number of hydrogen-bond acceptors (Lipinski definition) is 4. The summed E-state index contributed by atoms with van der Waals surface area (Å²) in [7, 11) is 0. The number of carbonyl (C=O) groups is 3. The smallest absolute Gasteiger partial charge is 0.353 e. The Kier molecular flexibility index (Phi) is 3.89. The molecule has 1 aromatic carbocycles. The lowest BCUT2D eigenvalue weighted by Gasteiger charge is -2.52. The van der Waals surface area contributed by atoms with Crippen LogP contribution in [0, 0.1) is 0 Å². The highest BCUT2D eigenvalue weighted by Gasteiger charge is 2.56. The molecule has 7 heteroatoms. The predicted molar refractivity (Wildman–Crippen MR) is 85.7 cm³/mol. The number of nitrogens with zero attached hydrogens (tertiary/aromatic N) is 1. The van der Waals surface area contributed by atoms with Gasteiger partial charge in [-0.25, -0.2) is 4.79 Å². The minimum Gasteiger partial charge on any atom is -0.477 e. The van der Waals surface area contributed by atoms with Crippen LogP contribution in [0.2, 0.25) is 0 Å². The lowest BCUT2D eigenvalue weighted by Crippen LogP contribution is -2.74. The number of nitrogens with one attached hydrogen (secondary N) is 1. The molecule has 3 rings (SSSR count). The molecule has 2 heterocycles. The number of hydrogen-bond donors (Lipinski definition) is 2. The molecule has 0 aromatic heterocycles. The number of thioether (sulfide) groups is 1. The highest BCUT2D eigenvalue weighted by molar-refractivity contribution is 8.03. The van der Waals surface area contributed by atoms with E-state index < -0.39 is 12.0 Å². The van der Waals surface area contributed by atoms with Gasteiger partial charge in [0.2, 0.25) is 0 Å². The van der Waals surface area contributed by atoms with Gasteiger partial charge < -0.3 is 10.4 Å². The van der Waals surface area contributed by atoms with Crippen LogP contribution in [0.3, 0.4) is 0 Å². The molecule has 120 valence electrons. The van der Waals surface area contributed by atoms with Crippen molar-refractivity contribution >= 4 is 29.5 Å². The summed E-state index contributed by atoms with van der Waals surface area (Å²) in [6, 6.07) is 7.61. The molecule has 2 aliphatic heterocycles. The van der Waals surface area contributed by atoms with Crippen molar-refractivity contribution in [2.24, 2.45) is 0 Å². The van der Waals surface area contributed by atoms with E-state index in [1.807, 2.05) is 6.92 Å². The van der Waals surface area contributed by atoms with Crippen LogP contribution in [0.15, 0.2) is 40.9 Å². The fraction of sp³-hybridized carbons (Fsp3) is 0.312. The zero-order chi connectivity index (χ0) is 16.7. The third kappa shape index (κ3) is 2.50. The molecule has 0 unspecified atom stereocenters. The van der Waals surface area contributed by atoms with Crippen LogP contribution in [0.5, 0.6) is 0 Å². The number of benzene rings is 1. The monoisotopic (exact) mass is 332 g/mol. The third-order valence-electron chi connectivity index (χ3n) is 4.09. The number of allylic oxidation sites excluding steroid dienone is 1. The van der Waals surface area contributed by atoms with Gasteiger partial charge >= 0.3 is 5.97 Å². The number of carboxylic acids is 1. The number of amides is 2. The molecule has 3 atom stereocenters. The summed E-state index contributed by atoms with van der Waals surface area (Å²) in [5.41, 5.74) is 0.494. The SMILES string of the molecule is CC1=C(C(=O)O)N2C(=O)[C@@H](NC(=O)c3ccccc3)[C@@H]2[C@H](C)S1. The van der Waals surface area contributed by atoms with Gasteiger partial charge in [0.15, 0.2) is 0 Å². The quantitative estimate of drug-likeness (QED) is 0.818. The van der Waals surface area contributed by atoms with Crippen LogP contribution < -0.4 is 5.32 Å². The zero-order valence-electron chi connectivity index (χ0n) is 12.6. The number of fused-ring (bicyclic) bond motifs is 1. The summed E-state index contributed by atoms with van der Waals surface area (Å²) >= 11 is 1.42. The Bertz CT molecular complexity index is 716. The summed E-state index contributed by atoms with van der Waals surface area (Å²) in [5, 5.41) is 12.1. The highest BCUT2D eigenvalue weighted by atomic mass is 32.2. The van der Waals surface area contributed by atoms with Crippen molar-refractivity contribution < 1.29 is 19.5 Å². The van der Waals surface area contributed by atoms with Gasteiger partial charge in [0, 0.05) is 15.7 Å². The normalized spacial score (nSPS) is 26.4. The van der Waals surface area contributed by atoms with E-state index in [0.29, 0.717) is 10.5 Å². The highest BCUT2D eigenvalue weighted by Crippen LogP contribution is 2.43. The van der Waals surface area contributed by atoms with Crippen LogP contribution in [0.1, 0.15) is 24.2 Å². The maximum atomic E-state index is 12.4. The summed E-state index contributed by atoms with van der Waals surface area (Å²) < 4.78 is 0. The minimum absolute atomic E-state index is 0.0110. The van der Waals surface area contributed by atoms with E-state index in [1.165, 1.54) is 16.7 Å². The third-order valence-corrected chi connectivity index (χ3v) is 5.28. The van der Waals surface area contributed by atoms with Gasteiger partial charge in [-0.3, -0.25) is 14.5 Å². The van der Waals surface area contributed by atoms with Gasteiger partial charge in [-0.1, -0.05) is 25.1 Å². The maximum absolute atomic E-state index is 12.4. The second kappa shape index (κ2) is 5.73.